The Balaban J connectivity index is 1.53. The second-order valence-corrected chi connectivity index (χ2v) is 14.5. The molecule has 1 saturated heterocycles. The van der Waals surface area contributed by atoms with Crippen LogP contribution in [-0.4, -0.2) is 62.4 Å². The van der Waals surface area contributed by atoms with Gasteiger partial charge in [-0.3, -0.25) is 9.59 Å². The number of benzene rings is 1. The highest BCUT2D eigenvalue weighted by Crippen LogP contribution is 2.45. The number of nitrogens with one attached hydrogen (secondary N) is 2. The number of piperidine rings is 1. The molecule has 0 saturated carbocycles. The molecule has 224 valence electrons. The Kier molecular flexibility index (Phi) is 8.98. The lowest BCUT2D eigenvalue weighted by Crippen LogP contribution is -2.55. The number of anilines is 1. The third-order valence-corrected chi connectivity index (χ3v) is 10.8. The number of fused-ring (bicyclic) bond motifs is 1. The van der Waals surface area contributed by atoms with E-state index in [-0.39, 0.29) is 47.6 Å². The van der Waals surface area contributed by atoms with Crippen LogP contribution in [0, 0.1) is 5.92 Å². The summed E-state index contributed by atoms with van der Waals surface area (Å²) in [7, 11) is -3.79. The molecule has 0 atom stereocenters. The lowest BCUT2D eigenvalue weighted by atomic mass is 9.81. The van der Waals surface area contributed by atoms with Crippen LogP contribution in [-0.2, 0) is 36.3 Å². The average molecular weight is 606 g/mol. The Hall–Kier alpha value is -2.80. The molecule has 1 amide bonds. The third kappa shape index (κ3) is 6.50. The molecular weight excluding hydrogens is 566 g/mol. The first-order valence-electron chi connectivity index (χ1n) is 13.9. The van der Waals surface area contributed by atoms with Gasteiger partial charge >= 0.3 is 11.9 Å². The molecule has 0 aliphatic carbocycles. The predicted molar refractivity (Wildman–Crippen MR) is 157 cm³/mol. The van der Waals surface area contributed by atoms with E-state index >= 15 is 0 Å². The van der Waals surface area contributed by atoms with Gasteiger partial charge in [-0.2, -0.15) is 4.31 Å². The van der Waals surface area contributed by atoms with Crippen molar-refractivity contribution in [3.8, 4) is 0 Å². The Bertz CT molecular complexity index is 1420. The van der Waals surface area contributed by atoms with E-state index in [0.717, 1.165) is 10.4 Å². The van der Waals surface area contributed by atoms with Crippen molar-refractivity contribution in [2.24, 2.45) is 5.92 Å². The topological polar surface area (TPSA) is 131 Å². The van der Waals surface area contributed by atoms with E-state index in [2.05, 4.69) is 24.5 Å². The molecule has 2 N–H and O–H groups in total. The summed E-state index contributed by atoms with van der Waals surface area (Å²) in [4.78, 5) is 39.4. The first-order chi connectivity index (χ1) is 19.2. The van der Waals surface area contributed by atoms with E-state index in [4.69, 9.17) is 9.47 Å². The molecule has 1 fully saturated rings. The van der Waals surface area contributed by atoms with E-state index in [9.17, 15) is 22.8 Å². The number of hydrogen-bond acceptors (Lipinski definition) is 9. The average Bonchev–Trinajstić information content (AvgIpc) is 3.26. The van der Waals surface area contributed by atoms with Gasteiger partial charge < -0.3 is 20.1 Å². The minimum atomic E-state index is -3.79. The van der Waals surface area contributed by atoms with Crippen molar-refractivity contribution in [1.82, 2.24) is 9.62 Å². The van der Waals surface area contributed by atoms with Crippen molar-refractivity contribution in [3.05, 3.63) is 45.8 Å². The van der Waals surface area contributed by atoms with Gasteiger partial charge in [-0.15, -0.1) is 11.3 Å². The Morgan fingerprint density at radius 1 is 1.02 bits per heavy atom. The molecule has 0 spiro atoms. The smallest absolute Gasteiger partial charge is 0.341 e. The van der Waals surface area contributed by atoms with E-state index in [1.807, 2.05) is 13.8 Å². The number of esters is 2. The second kappa shape index (κ2) is 11.8. The van der Waals surface area contributed by atoms with Crippen LogP contribution >= 0.6 is 11.3 Å². The minimum Gasteiger partial charge on any atom is -0.466 e. The van der Waals surface area contributed by atoms with Gasteiger partial charge in [0.05, 0.1) is 29.6 Å². The van der Waals surface area contributed by atoms with Crippen molar-refractivity contribution in [2.75, 3.05) is 31.6 Å². The van der Waals surface area contributed by atoms with Crippen molar-refractivity contribution < 1.29 is 32.3 Å². The van der Waals surface area contributed by atoms with Gasteiger partial charge in [-0.05, 0) is 90.6 Å². The first kappa shape index (κ1) is 31.1. The molecule has 41 heavy (non-hydrogen) atoms. The van der Waals surface area contributed by atoms with Crippen LogP contribution in [0.2, 0.25) is 0 Å². The molecule has 12 heteroatoms. The normalized spacial score (nSPS) is 18.8. The highest BCUT2D eigenvalue weighted by molar-refractivity contribution is 7.89. The Morgan fingerprint density at radius 3 is 2.22 bits per heavy atom. The molecule has 2 aliphatic heterocycles. The Morgan fingerprint density at radius 2 is 1.63 bits per heavy atom. The molecular formula is C29H39N3O7S2. The number of amides is 1. The highest BCUT2D eigenvalue weighted by Gasteiger charge is 2.42. The SMILES string of the molecule is CCOC(=O)c1c(NC(=O)c2ccc(S(=O)(=O)N3CCC(C(=O)OCC)CC3)cc2)sc2c1CC(C)(C)NC2(C)C. The summed E-state index contributed by atoms with van der Waals surface area (Å²) < 4.78 is 38.2. The minimum absolute atomic E-state index is 0.0671. The van der Waals surface area contributed by atoms with Crippen LogP contribution in [0.3, 0.4) is 0 Å². The summed E-state index contributed by atoms with van der Waals surface area (Å²) in [5.41, 5.74) is 0.797. The van der Waals surface area contributed by atoms with Gasteiger partial charge in [-0.25, -0.2) is 13.2 Å². The number of hydrogen-bond donors (Lipinski definition) is 2. The number of carbonyl (C=O) groups excluding carboxylic acids is 3. The van der Waals surface area contributed by atoms with Crippen LogP contribution in [0.5, 0.6) is 0 Å². The summed E-state index contributed by atoms with van der Waals surface area (Å²) in [6.07, 6.45) is 1.39. The maximum absolute atomic E-state index is 13.3. The first-order valence-corrected chi connectivity index (χ1v) is 16.2. The number of thiophene rings is 1. The van der Waals surface area contributed by atoms with Crippen molar-refractivity contribution in [1.29, 1.82) is 0 Å². The summed E-state index contributed by atoms with van der Waals surface area (Å²) >= 11 is 1.35. The van der Waals surface area contributed by atoms with Gasteiger partial charge in [0, 0.05) is 34.6 Å². The van der Waals surface area contributed by atoms with E-state index in [1.165, 1.54) is 39.9 Å². The van der Waals surface area contributed by atoms with Gasteiger partial charge in [0.25, 0.3) is 5.91 Å². The lowest BCUT2D eigenvalue weighted by Gasteiger charge is -2.42. The fraction of sp³-hybridized carbons (Fsp3) is 0.552. The molecule has 4 rings (SSSR count). The van der Waals surface area contributed by atoms with Gasteiger partial charge in [0.2, 0.25) is 10.0 Å². The quantitative estimate of drug-likeness (QED) is 0.426. The van der Waals surface area contributed by atoms with Crippen LogP contribution in [0.25, 0.3) is 0 Å². The van der Waals surface area contributed by atoms with Crippen molar-refractivity contribution in [2.45, 2.75) is 76.8 Å². The third-order valence-electron chi connectivity index (χ3n) is 7.38. The highest BCUT2D eigenvalue weighted by atomic mass is 32.2. The predicted octanol–water partition coefficient (Wildman–Crippen LogP) is 4.30. The van der Waals surface area contributed by atoms with Gasteiger partial charge in [0.15, 0.2) is 0 Å². The molecule has 1 aromatic carbocycles. The zero-order valence-corrected chi connectivity index (χ0v) is 26.1. The van der Waals surface area contributed by atoms with Crippen molar-refractivity contribution in [3.63, 3.8) is 0 Å². The summed E-state index contributed by atoms with van der Waals surface area (Å²) in [6.45, 7) is 12.6. The van der Waals surface area contributed by atoms with Gasteiger partial charge in [0.1, 0.15) is 5.00 Å². The molecule has 1 aromatic heterocycles. The fourth-order valence-corrected chi connectivity index (χ4v) is 8.46. The lowest BCUT2D eigenvalue weighted by molar-refractivity contribution is -0.149. The van der Waals surface area contributed by atoms with E-state index < -0.39 is 27.4 Å². The van der Waals surface area contributed by atoms with Crippen LogP contribution in [0.4, 0.5) is 5.00 Å². The zero-order valence-electron chi connectivity index (χ0n) is 24.5. The van der Waals surface area contributed by atoms with Crippen molar-refractivity contribution >= 4 is 44.2 Å². The van der Waals surface area contributed by atoms with E-state index in [0.29, 0.717) is 36.4 Å². The fourth-order valence-electron chi connectivity index (χ4n) is 5.73. The maximum Gasteiger partial charge on any atom is 0.341 e. The number of nitrogens with zero attached hydrogens (tertiary/aromatic N) is 1. The zero-order chi connectivity index (χ0) is 30.2. The molecule has 0 unspecified atom stereocenters. The van der Waals surface area contributed by atoms with E-state index in [1.54, 1.807) is 13.8 Å². The van der Waals surface area contributed by atoms with Crippen LogP contribution in [0.1, 0.15) is 85.5 Å². The molecule has 2 aliphatic rings. The summed E-state index contributed by atoms with van der Waals surface area (Å²) in [6, 6.07) is 5.73. The molecule has 3 heterocycles. The Labute approximate surface area is 245 Å². The number of sulfonamides is 1. The second-order valence-electron chi connectivity index (χ2n) is 11.6. The van der Waals surface area contributed by atoms with Gasteiger partial charge in [-0.1, -0.05) is 0 Å². The maximum atomic E-state index is 13.3. The number of ether oxygens (including phenoxy) is 2. The summed E-state index contributed by atoms with van der Waals surface area (Å²) in [5.74, 6) is -1.54. The van der Waals surface area contributed by atoms with Crippen LogP contribution in [0.15, 0.2) is 29.2 Å². The molecule has 0 radical (unpaired) electrons. The standard InChI is InChI=1S/C29H39N3O7S2/c1-7-38-26(34)19-13-15-32(16-14-19)41(36,37)20-11-9-18(10-12-20)24(33)30-25-22(27(35)39-8-2)21-17-28(3,4)31-29(5,6)23(21)40-25/h9-12,19,31H,7-8,13-17H2,1-6H3,(H,30,33). The molecule has 2 aromatic rings. The summed E-state index contributed by atoms with van der Waals surface area (Å²) in [5, 5.41) is 6.90. The van der Waals surface area contributed by atoms with Crippen LogP contribution < -0.4 is 10.6 Å². The number of rotatable bonds is 8. The molecule has 0 bridgehead atoms. The largest absolute Gasteiger partial charge is 0.466 e. The monoisotopic (exact) mass is 605 g/mol. The number of carbonyl (C=O) groups is 3. The molecule has 10 nitrogen and oxygen atoms in total.